The van der Waals surface area contributed by atoms with Gasteiger partial charge in [0.1, 0.15) is 11.5 Å². The third kappa shape index (κ3) is 1.39. The molecule has 0 aliphatic carbocycles. The molecule has 0 saturated carbocycles. The maximum Gasteiger partial charge on any atom is 0.125 e. The van der Waals surface area contributed by atoms with E-state index < -0.39 is 0 Å². The first-order valence-electron chi connectivity index (χ1n) is 4.48. The fourth-order valence-electron chi connectivity index (χ4n) is 1.66. The largest absolute Gasteiger partial charge is 0.507 e. The Balaban J connectivity index is 2.54. The van der Waals surface area contributed by atoms with Crippen molar-refractivity contribution in [3.8, 4) is 11.5 Å². The molecular formula is C10H11NO3. The maximum absolute atomic E-state index is 9.54. The Morgan fingerprint density at radius 3 is 3.07 bits per heavy atom. The number of phenols is 1. The van der Waals surface area contributed by atoms with Gasteiger partial charge in [-0.3, -0.25) is 0 Å². The van der Waals surface area contributed by atoms with E-state index in [0.717, 1.165) is 24.2 Å². The number of fused-ring (bicyclic) bond motifs is 1. The van der Waals surface area contributed by atoms with Crippen LogP contribution in [0.2, 0.25) is 0 Å². The second kappa shape index (κ2) is 3.57. The molecule has 0 bridgehead atoms. The van der Waals surface area contributed by atoms with Crippen molar-refractivity contribution in [3.05, 3.63) is 23.3 Å². The summed E-state index contributed by atoms with van der Waals surface area (Å²) in [5, 5.41) is 20.9. The zero-order valence-electron chi connectivity index (χ0n) is 7.60. The van der Waals surface area contributed by atoms with E-state index in [9.17, 15) is 5.11 Å². The highest BCUT2D eigenvalue weighted by atomic mass is 16.5. The van der Waals surface area contributed by atoms with Crippen molar-refractivity contribution >= 4 is 6.21 Å². The van der Waals surface area contributed by atoms with Gasteiger partial charge in [-0.1, -0.05) is 5.16 Å². The molecule has 4 nitrogen and oxygen atoms in total. The Hall–Kier alpha value is -1.71. The lowest BCUT2D eigenvalue weighted by atomic mass is 10.00. The minimum atomic E-state index is 0.118. The summed E-state index contributed by atoms with van der Waals surface area (Å²) in [6.07, 6.45) is 3.00. The van der Waals surface area contributed by atoms with Gasteiger partial charge >= 0.3 is 0 Å². The Morgan fingerprint density at radius 2 is 2.29 bits per heavy atom. The van der Waals surface area contributed by atoms with E-state index in [4.69, 9.17) is 9.94 Å². The van der Waals surface area contributed by atoms with E-state index >= 15 is 0 Å². The maximum atomic E-state index is 9.54. The van der Waals surface area contributed by atoms with Crippen LogP contribution in [0.15, 0.2) is 17.3 Å². The van der Waals surface area contributed by atoms with Gasteiger partial charge in [0.25, 0.3) is 0 Å². The first-order valence-corrected chi connectivity index (χ1v) is 4.48. The predicted octanol–water partition coefficient (Wildman–Crippen LogP) is 1.53. The second-order valence-corrected chi connectivity index (χ2v) is 3.17. The number of hydrogen-bond acceptors (Lipinski definition) is 4. The molecule has 2 N–H and O–H groups in total. The zero-order valence-corrected chi connectivity index (χ0v) is 7.60. The van der Waals surface area contributed by atoms with Gasteiger partial charge < -0.3 is 15.1 Å². The van der Waals surface area contributed by atoms with Crippen LogP contribution in [0.1, 0.15) is 17.5 Å². The van der Waals surface area contributed by atoms with Crippen molar-refractivity contribution in [1.82, 2.24) is 0 Å². The number of hydrogen-bond donors (Lipinski definition) is 2. The SMILES string of the molecule is ON=Cc1c(O)ccc2c1CCCO2. The summed E-state index contributed by atoms with van der Waals surface area (Å²) in [6, 6.07) is 3.28. The standard InChI is InChI=1S/C10H11NO3/c12-9-3-4-10-7(2-1-5-14-10)8(9)6-11-13/h3-4,6,12-13H,1-2,5H2. The van der Waals surface area contributed by atoms with Crippen molar-refractivity contribution in [2.45, 2.75) is 12.8 Å². The smallest absolute Gasteiger partial charge is 0.125 e. The average molecular weight is 193 g/mol. The molecule has 0 fully saturated rings. The molecule has 1 heterocycles. The van der Waals surface area contributed by atoms with Gasteiger partial charge in [0.05, 0.1) is 12.8 Å². The van der Waals surface area contributed by atoms with Crippen LogP contribution >= 0.6 is 0 Å². The fourth-order valence-corrected chi connectivity index (χ4v) is 1.66. The Morgan fingerprint density at radius 1 is 1.43 bits per heavy atom. The third-order valence-corrected chi connectivity index (χ3v) is 2.31. The monoisotopic (exact) mass is 193 g/mol. The minimum absolute atomic E-state index is 0.118. The molecule has 1 aromatic rings. The zero-order chi connectivity index (χ0) is 9.97. The molecule has 0 unspecified atom stereocenters. The molecule has 74 valence electrons. The molecule has 1 aliphatic heterocycles. The number of aromatic hydroxyl groups is 1. The van der Waals surface area contributed by atoms with Crippen LogP contribution in [0.5, 0.6) is 11.5 Å². The first-order chi connectivity index (χ1) is 6.83. The van der Waals surface area contributed by atoms with Crippen LogP contribution in [-0.4, -0.2) is 23.1 Å². The third-order valence-electron chi connectivity index (χ3n) is 2.31. The van der Waals surface area contributed by atoms with E-state index in [2.05, 4.69) is 5.16 Å². The van der Waals surface area contributed by atoms with Gasteiger partial charge in [0, 0.05) is 11.1 Å². The molecule has 0 atom stereocenters. The number of ether oxygens (including phenoxy) is 1. The summed E-state index contributed by atoms with van der Waals surface area (Å²) in [6.45, 7) is 0.702. The van der Waals surface area contributed by atoms with Crippen molar-refractivity contribution < 1.29 is 15.1 Å². The molecule has 2 rings (SSSR count). The molecule has 0 spiro atoms. The Bertz CT molecular complexity index is 374. The van der Waals surface area contributed by atoms with Crippen molar-refractivity contribution in [2.24, 2.45) is 5.16 Å². The lowest BCUT2D eigenvalue weighted by Gasteiger charge is -2.19. The van der Waals surface area contributed by atoms with Crippen molar-refractivity contribution in [3.63, 3.8) is 0 Å². The van der Waals surface area contributed by atoms with Crippen LogP contribution in [-0.2, 0) is 6.42 Å². The highest BCUT2D eigenvalue weighted by molar-refractivity contribution is 5.86. The molecule has 14 heavy (non-hydrogen) atoms. The van der Waals surface area contributed by atoms with Crippen LogP contribution in [0.3, 0.4) is 0 Å². The molecular weight excluding hydrogens is 182 g/mol. The van der Waals surface area contributed by atoms with Crippen molar-refractivity contribution in [1.29, 1.82) is 0 Å². The van der Waals surface area contributed by atoms with Gasteiger partial charge in [0.15, 0.2) is 0 Å². The van der Waals surface area contributed by atoms with Crippen molar-refractivity contribution in [2.75, 3.05) is 6.61 Å². The normalized spacial score (nSPS) is 15.1. The number of benzene rings is 1. The highest BCUT2D eigenvalue weighted by Gasteiger charge is 2.16. The molecule has 0 aromatic heterocycles. The molecule has 0 amide bonds. The molecule has 1 aromatic carbocycles. The van der Waals surface area contributed by atoms with Gasteiger partial charge in [0.2, 0.25) is 0 Å². The van der Waals surface area contributed by atoms with E-state index in [1.165, 1.54) is 6.21 Å². The lowest BCUT2D eigenvalue weighted by molar-refractivity contribution is 0.287. The van der Waals surface area contributed by atoms with E-state index in [1.807, 2.05) is 0 Å². The number of oxime groups is 1. The quantitative estimate of drug-likeness (QED) is 0.404. The van der Waals surface area contributed by atoms with E-state index in [-0.39, 0.29) is 5.75 Å². The van der Waals surface area contributed by atoms with Crippen LogP contribution in [0.4, 0.5) is 0 Å². The summed E-state index contributed by atoms with van der Waals surface area (Å²) in [7, 11) is 0. The summed E-state index contributed by atoms with van der Waals surface area (Å²) in [4.78, 5) is 0. The Labute approximate surface area is 81.4 Å². The van der Waals surface area contributed by atoms with Crippen LogP contribution in [0, 0.1) is 0 Å². The van der Waals surface area contributed by atoms with E-state index in [1.54, 1.807) is 12.1 Å². The van der Waals surface area contributed by atoms with Gasteiger partial charge in [-0.05, 0) is 25.0 Å². The van der Waals surface area contributed by atoms with E-state index in [0.29, 0.717) is 12.2 Å². The topological polar surface area (TPSA) is 62.1 Å². The lowest BCUT2D eigenvalue weighted by Crippen LogP contribution is -2.10. The average Bonchev–Trinajstić information content (AvgIpc) is 2.23. The van der Waals surface area contributed by atoms with Crippen LogP contribution in [0.25, 0.3) is 0 Å². The highest BCUT2D eigenvalue weighted by Crippen LogP contribution is 2.32. The molecule has 4 heteroatoms. The number of nitrogens with zero attached hydrogens (tertiary/aromatic N) is 1. The van der Waals surface area contributed by atoms with Crippen LogP contribution < -0.4 is 4.74 Å². The second-order valence-electron chi connectivity index (χ2n) is 3.17. The Kier molecular flexibility index (Phi) is 2.26. The first kappa shape index (κ1) is 8.87. The van der Waals surface area contributed by atoms with Gasteiger partial charge in [-0.15, -0.1) is 0 Å². The summed E-state index contributed by atoms with van der Waals surface area (Å²) in [5.41, 5.74) is 1.46. The summed E-state index contributed by atoms with van der Waals surface area (Å²) >= 11 is 0. The summed E-state index contributed by atoms with van der Waals surface area (Å²) < 4.78 is 5.41. The fraction of sp³-hybridized carbons (Fsp3) is 0.300. The number of rotatable bonds is 1. The molecule has 0 saturated heterocycles. The van der Waals surface area contributed by atoms with Gasteiger partial charge in [-0.2, -0.15) is 0 Å². The molecule has 0 radical (unpaired) electrons. The summed E-state index contributed by atoms with van der Waals surface area (Å²) in [5.74, 6) is 0.885. The molecule has 1 aliphatic rings. The van der Waals surface area contributed by atoms with Gasteiger partial charge in [-0.25, -0.2) is 0 Å². The minimum Gasteiger partial charge on any atom is -0.507 e. The predicted molar refractivity (Wildman–Crippen MR) is 51.3 cm³/mol. The number of phenolic OH excluding ortho intramolecular Hbond substituents is 1.